The third kappa shape index (κ3) is 3.84. The Morgan fingerprint density at radius 3 is 2.63 bits per heavy atom. The lowest BCUT2D eigenvalue weighted by Gasteiger charge is -2.06. The van der Waals surface area contributed by atoms with E-state index in [9.17, 15) is 13.6 Å². The van der Waals surface area contributed by atoms with E-state index < -0.39 is 11.6 Å². The first-order chi connectivity index (χ1) is 9.15. The van der Waals surface area contributed by atoms with Crippen molar-refractivity contribution < 1.29 is 13.6 Å². The van der Waals surface area contributed by atoms with Crippen molar-refractivity contribution >= 4 is 11.6 Å². The summed E-state index contributed by atoms with van der Waals surface area (Å²) in [5.41, 5.74) is 0.824. The maximum Gasteiger partial charge on any atom is 0.224 e. The highest BCUT2D eigenvalue weighted by Crippen LogP contribution is 2.15. The summed E-state index contributed by atoms with van der Waals surface area (Å²) >= 11 is 0. The Bertz CT molecular complexity index is 573. The van der Waals surface area contributed by atoms with Crippen LogP contribution in [0.3, 0.4) is 0 Å². The van der Waals surface area contributed by atoms with E-state index in [1.807, 2.05) is 0 Å². The van der Waals surface area contributed by atoms with E-state index >= 15 is 0 Å². The number of aromatic nitrogens is 1. The summed E-state index contributed by atoms with van der Waals surface area (Å²) in [6, 6.07) is 6.54. The van der Waals surface area contributed by atoms with Crippen LogP contribution in [0.5, 0.6) is 0 Å². The summed E-state index contributed by atoms with van der Waals surface area (Å²) in [4.78, 5) is 15.5. The van der Waals surface area contributed by atoms with Crippen LogP contribution in [0, 0.1) is 11.6 Å². The molecule has 0 aliphatic heterocycles. The number of nitrogens with zero attached hydrogens (tertiary/aromatic N) is 1. The van der Waals surface area contributed by atoms with Gasteiger partial charge in [-0.05, 0) is 36.2 Å². The monoisotopic (exact) mass is 262 g/mol. The first kappa shape index (κ1) is 13.1. The fourth-order valence-electron chi connectivity index (χ4n) is 1.61. The Balaban J connectivity index is 1.93. The molecule has 0 fully saturated rings. The molecular weight excluding hydrogens is 250 g/mol. The number of anilines is 1. The van der Waals surface area contributed by atoms with Crippen molar-refractivity contribution in [2.24, 2.45) is 0 Å². The molecule has 2 aromatic rings. The molecule has 2 rings (SSSR count). The van der Waals surface area contributed by atoms with Gasteiger partial charge in [0.05, 0.1) is 5.69 Å². The summed E-state index contributed by atoms with van der Waals surface area (Å²) in [6.45, 7) is 0. The van der Waals surface area contributed by atoms with Gasteiger partial charge >= 0.3 is 0 Å². The van der Waals surface area contributed by atoms with E-state index in [0.717, 1.165) is 23.8 Å². The number of carbonyl (C=O) groups excluding carboxylic acids is 1. The van der Waals surface area contributed by atoms with Crippen LogP contribution in [0.4, 0.5) is 14.5 Å². The molecule has 0 spiro atoms. The van der Waals surface area contributed by atoms with E-state index in [4.69, 9.17) is 0 Å². The molecule has 1 heterocycles. The summed E-state index contributed by atoms with van der Waals surface area (Å²) in [5.74, 6) is -1.61. The average Bonchev–Trinajstić information content (AvgIpc) is 2.42. The molecule has 0 saturated heterocycles. The van der Waals surface area contributed by atoms with Gasteiger partial charge in [-0.3, -0.25) is 9.78 Å². The highest BCUT2D eigenvalue weighted by atomic mass is 19.1. The molecule has 1 N–H and O–H groups in total. The second-order valence-corrected chi connectivity index (χ2v) is 4.03. The molecule has 1 aromatic heterocycles. The third-order valence-corrected chi connectivity index (χ3v) is 2.59. The van der Waals surface area contributed by atoms with Crippen molar-refractivity contribution in [3.05, 3.63) is 59.9 Å². The maximum absolute atomic E-state index is 13.3. The lowest BCUT2D eigenvalue weighted by molar-refractivity contribution is -0.116. The van der Waals surface area contributed by atoms with E-state index in [1.54, 1.807) is 24.5 Å². The standard InChI is InChI=1S/C14H12F2N2O/c15-11-2-3-12(16)13(9-11)18-14(19)4-1-10-5-7-17-8-6-10/h2-3,5-9H,1,4H2,(H,18,19). The van der Waals surface area contributed by atoms with Gasteiger partial charge in [-0.2, -0.15) is 0 Å². The van der Waals surface area contributed by atoms with Gasteiger partial charge in [-0.25, -0.2) is 8.78 Å². The summed E-state index contributed by atoms with van der Waals surface area (Å²) in [7, 11) is 0. The first-order valence-corrected chi connectivity index (χ1v) is 5.79. The Labute approximate surface area is 109 Å². The number of halogens is 2. The molecule has 0 saturated carbocycles. The van der Waals surface area contributed by atoms with E-state index in [2.05, 4.69) is 10.3 Å². The lowest BCUT2D eigenvalue weighted by atomic mass is 10.1. The van der Waals surface area contributed by atoms with Crippen molar-refractivity contribution in [3.8, 4) is 0 Å². The highest BCUT2D eigenvalue weighted by molar-refractivity contribution is 5.90. The predicted octanol–water partition coefficient (Wildman–Crippen LogP) is 2.93. The van der Waals surface area contributed by atoms with Crippen LogP contribution >= 0.6 is 0 Å². The number of benzene rings is 1. The van der Waals surface area contributed by atoms with Crippen LogP contribution < -0.4 is 5.32 Å². The van der Waals surface area contributed by atoms with Gasteiger partial charge in [0.25, 0.3) is 0 Å². The van der Waals surface area contributed by atoms with Crippen molar-refractivity contribution in [3.63, 3.8) is 0 Å². The third-order valence-electron chi connectivity index (χ3n) is 2.59. The molecule has 0 aliphatic rings. The summed E-state index contributed by atoms with van der Waals surface area (Å²) in [6.07, 6.45) is 3.99. The number of carbonyl (C=O) groups is 1. The molecule has 0 aliphatic carbocycles. The zero-order valence-corrected chi connectivity index (χ0v) is 10.1. The van der Waals surface area contributed by atoms with Crippen LogP contribution in [-0.4, -0.2) is 10.9 Å². The molecule has 98 valence electrons. The van der Waals surface area contributed by atoms with Crippen molar-refractivity contribution in [1.29, 1.82) is 0 Å². The average molecular weight is 262 g/mol. The summed E-state index contributed by atoms with van der Waals surface area (Å²) < 4.78 is 26.2. The molecule has 1 aromatic carbocycles. The second kappa shape index (κ2) is 6.04. The predicted molar refractivity (Wildman–Crippen MR) is 67.5 cm³/mol. The number of rotatable bonds is 4. The van der Waals surface area contributed by atoms with Crippen molar-refractivity contribution in [1.82, 2.24) is 4.98 Å². The number of amides is 1. The van der Waals surface area contributed by atoms with Crippen LogP contribution in [0.1, 0.15) is 12.0 Å². The Morgan fingerprint density at radius 2 is 1.89 bits per heavy atom. The van der Waals surface area contributed by atoms with E-state index in [-0.39, 0.29) is 18.0 Å². The van der Waals surface area contributed by atoms with Gasteiger partial charge < -0.3 is 5.32 Å². The zero-order chi connectivity index (χ0) is 13.7. The van der Waals surface area contributed by atoms with Crippen LogP contribution in [0.15, 0.2) is 42.7 Å². The van der Waals surface area contributed by atoms with Gasteiger partial charge in [0.15, 0.2) is 0 Å². The number of hydrogen-bond acceptors (Lipinski definition) is 2. The summed E-state index contributed by atoms with van der Waals surface area (Å²) in [5, 5.41) is 2.35. The first-order valence-electron chi connectivity index (χ1n) is 5.79. The molecule has 0 radical (unpaired) electrons. The zero-order valence-electron chi connectivity index (χ0n) is 10.1. The highest BCUT2D eigenvalue weighted by Gasteiger charge is 2.08. The molecule has 0 atom stereocenters. The Morgan fingerprint density at radius 1 is 1.16 bits per heavy atom. The lowest BCUT2D eigenvalue weighted by Crippen LogP contribution is -2.13. The maximum atomic E-state index is 13.3. The minimum atomic E-state index is -0.654. The minimum Gasteiger partial charge on any atom is -0.324 e. The molecular formula is C14H12F2N2O. The number of aryl methyl sites for hydroxylation is 1. The van der Waals surface area contributed by atoms with Gasteiger partial charge in [0, 0.05) is 24.9 Å². The van der Waals surface area contributed by atoms with Crippen LogP contribution in [-0.2, 0) is 11.2 Å². The van der Waals surface area contributed by atoms with Gasteiger partial charge in [-0.1, -0.05) is 0 Å². The van der Waals surface area contributed by atoms with Gasteiger partial charge in [0.1, 0.15) is 11.6 Å². The van der Waals surface area contributed by atoms with Gasteiger partial charge in [-0.15, -0.1) is 0 Å². The largest absolute Gasteiger partial charge is 0.324 e. The van der Waals surface area contributed by atoms with E-state index in [1.165, 1.54) is 0 Å². The van der Waals surface area contributed by atoms with Crippen molar-refractivity contribution in [2.75, 3.05) is 5.32 Å². The van der Waals surface area contributed by atoms with Crippen molar-refractivity contribution in [2.45, 2.75) is 12.8 Å². The van der Waals surface area contributed by atoms with Crippen LogP contribution in [0.2, 0.25) is 0 Å². The normalized spacial score (nSPS) is 10.2. The van der Waals surface area contributed by atoms with Gasteiger partial charge in [0.2, 0.25) is 5.91 Å². The molecule has 1 amide bonds. The Kier molecular flexibility index (Phi) is 4.18. The van der Waals surface area contributed by atoms with Crippen LogP contribution in [0.25, 0.3) is 0 Å². The molecule has 5 heteroatoms. The molecule has 0 bridgehead atoms. The fourth-order valence-corrected chi connectivity index (χ4v) is 1.61. The molecule has 3 nitrogen and oxygen atoms in total. The smallest absolute Gasteiger partial charge is 0.224 e. The molecule has 0 unspecified atom stereocenters. The number of pyridine rings is 1. The minimum absolute atomic E-state index is 0.139. The quantitative estimate of drug-likeness (QED) is 0.920. The Hall–Kier alpha value is -2.30. The fraction of sp³-hybridized carbons (Fsp3) is 0.143. The number of hydrogen-bond donors (Lipinski definition) is 1. The SMILES string of the molecule is O=C(CCc1ccncc1)Nc1cc(F)ccc1F. The molecule has 19 heavy (non-hydrogen) atoms. The second-order valence-electron chi connectivity index (χ2n) is 4.03. The van der Waals surface area contributed by atoms with E-state index in [0.29, 0.717) is 6.42 Å². The number of nitrogens with one attached hydrogen (secondary N) is 1. The topological polar surface area (TPSA) is 42.0 Å².